The van der Waals surface area contributed by atoms with Crippen molar-refractivity contribution >= 4 is 51.7 Å². The van der Waals surface area contributed by atoms with E-state index in [0.717, 1.165) is 16.5 Å². The first-order chi connectivity index (χ1) is 12.4. The Labute approximate surface area is 160 Å². The number of rotatable bonds is 5. The lowest BCUT2D eigenvalue weighted by Crippen LogP contribution is -2.30. The largest absolute Gasteiger partial charge is 0.452 e. The molecule has 2 N–H and O–H groups in total. The van der Waals surface area contributed by atoms with Gasteiger partial charge in [-0.2, -0.15) is 0 Å². The molecule has 3 aromatic rings. The van der Waals surface area contributed by atoms with Crippen molar-refractivity contribution in [3.63, 3.8) is 0 Å². The highest BCUT2D eigenvalue weighted by Crippen LogP contribution is 2.23. The van der Waals surface area contributed by atoms with Crippen molar-refractivity contribution in [2.24, 2.45) is 0 Å². The molecule has 2 aromatic carbocycles. The molecule has 3 rings (SSSR count). The molecule has 0 saturated carbocycles. The van der Waals surface area contributed by atoms with Crippen molar-refractivity contribution in [2.45, 2.75) is 19.4 Å². The Morgan fingerprint density at radius 2 is 1.85 bits per heavy atom. The number of amides is 1. The molecule has 0 spiro atoms. The zero-order valence-corrected chi connectivity index (χ0v) is 15.4. The van der Waals surface area contributed by atoms with Crippen LogP contribution in [-0.4, -0.2) is 23.0 Å². The minimum atomic E-state index is -0.953. The Balaban J connectivity index is 1.60. The number of hydrogen-bond acceptors (Lipinski definition) is 3. The summed E-state index contributed by atoms with van der Waals surface area (Å²) >= 11 is 11.8. The van der Waals surface area contributed by atoms with E-state index < -0.39 is 18.0 Å². The number of hydrogen-bond donors (Lipinski definition) is 2. The van der Waals surface area contributed by atoms with Gasteiger partial charge in [0.05, 0.1) is 6.42 Å². The second-order valence-corrected chi connectivity index (χ2v) is 6.69. The van der Waals surface area contributed by atoms with Gasteiger partial charge in [-0.3, -0.25) is 9.59 Å². The summed E-state index contributed by atoms with van der Waals surface area (Å²) in [6, 6.07) is 12.3. The van der Waals surface area contributed by atoms with E-state index in [0.29, 0.717) is 15.7 Å². The SMILES string of the molecule is C[C@@H](OC(=O)Cc1c[nH]c2ccccc12)C(=O)Nc1cc(Cl)cc(Cl)c1. The molecule has 0 unspecified atom stereocenters. The standard InChI is InChI=1S/C19H16Cl2N2O3/c1-11(19(25)23-15-8-13(20)7-14(21)9-15)26-18(24)6-12-10-22-17-5-3-2-4-16(12)17/h2-5,7-11,22H,6H2,1H3,(H,23,25)/t11-/m1/s1. The number of carbonyl (C=O) groups excluding carboxylic acids is 2. The predicted octanol–water partition coefficient (Wildman–Crippen LogP) is 4.59. The number of esters is 1. The Morgan fingerprint density at radius 3 is 2.58 bits per heavy atom. The van der Waals surface area contributed by atoms with E-state index in [9.17, 15) is 9.59 Å². The van der Waals surface area contributed by atoms with E-state index in [1.54, 1.807) is 24.4 Å². The fraction of sp³-hybridized carbons (Fsp3) is 0.158. The van der Waals surface area contributed by atoms with Gasteiger partial charge in [0, 0.05) is 32.8 Å². The van der Waals surface area contributed by atoms with Crippen LogP contribution >= 0.6 is 23.2 Å². The molecule has 0 aliphatic heterocycles. The molecule has 1 amide bonds. The van der Waals surface area contributed by atoms with Crippen LogP contribution in [0.25, 0.3) is 10.9 Å². The van der Waals surface area contributed by atoms with Gasteiger partial charge in [-0.1, -0.05) is 41.4 Å². The number of para-hydroxylation sites is 1. The Bertz CT molecular complexity index is 948. The number of carbonyl (C=O) groups is 2. The highest BCUT2D eigenvalue weighted by Gasteiger charge is 2.19. The fourth-order valence-corrected chi connectivity index (χ4v) is 3.12. The fourth-order valence-electron chi connectivity index (χ4n) is 2.60. The molecular weight excluding hydrogens is 375 g/mol. The van der Waals surface area contributed by atoms with Gasteiger partial charge < -0.3 is 15.0 Å². The van der Waals surface area contributed by atoms with Gasteiger partial charge in [-0.05, 0) is 36.8 Å². The molecule has 0 radical (unpaired) electrons. The predicted molar refractivity (Wildman–Crippen MR) is 103 cm³/mol. The molecule has 7 heteroatoms. The minimum absolute atomic E-state index is 0.0740. The van der Waals surface area contributed by atoms with Crippen molar-refractivity contribution in [1.29, 1.82) is 0 Å². The number of ether oxygens (including phenoxy) is 1. The topological polar surface area (TPSA) is 71.2 Å². The second kappa shape index (κ2) is 7.81. The molecule has 5 nitrogen and oxygen atoms in total. The first kappa shape index (κ1) is 18.3. The number of nitrogens with one attached hydrogen (secondary N) is 2. The van der Waals surface area contributed by atoms with Gasteiger partial charge in [-0.15, -0.1) is 0 Å². The van der Waals surface area contributed by atoms with Crippen LogP contribution in [0.15, 0.2) is 48.7 Å². The molecule has 1 atom stereocenters. The summed E-state index contributed by atoms with van der Waals surface area (Å²) in [5.74, 6) is -0.947. The van der Waals surface area contributed by atoms with Gasteiger partial charge >= 0.3 is 5.97 Å². The zero-order valence-electron chi connectivity index (χ0n) is 13.9. The molecule has 26 heavy (non-hydrogen) atoms. The smallest absolute Gasteiger partial charge is 0.311 e. The molecule has 0 saturated heterocycles. The average molecular weight is 391 g/mol. The maximum absolute atomic E-state index is 12.2. The zero-order chi connectivity index (χ0) is 18.7. The number of halogens is 2. The summed E-state index contributed by atoms with van der Waals surface area (Å²) in [5, 5.41) is 4.38. The van der Waals surface area contributed by atoms with Crippen LogP contribution in [0.4, 0.5) is 5.69 Å². The summed E-state index contributed by atoms with van der Waals surface area (Å²) in [7, 11) is 0. The maximum atomic E-state index is 12.2. The number of anilines is 1. The molecule has 0 aliphatic carbocycles. The van der Waals surface area contributed by atoms with Crippen molar-refractivity contribution in [2.75, 3.05) is 5.32 Å². The molecule has 1 heterocycles. The maximum Gasteiger partial charge on any atom is 0.311 e. The van der Waals surface area contributed by atoms with Crippen molar-refractivity contribution in [3.8, 4) is 0 Å². The highest BCUT2D eigenvalue weighted by molar-refractivity contribution is 6.35. The van der Waals surface area contributed by atoms with Crippen molar-refractivity contribution < 1.29 is 14.3 Å². The molecular formula is C19H16Cl2N2O3. The van der Waals surface area contributed by atoms with E-state index in [1.165, 1.54) is 6.92 Å². The molecule has 134 valence electrons. The van der Waals surface area contributed by atoms with Crippen LogP contribution in [0.3, 0.4) is 0 Å². The van der Waals surface area contributed by atoms with E-state index in [1.807, 2.05) is 24.3 Å². The summed E-state index contributed by atoms with van der Waals surface area (Å²) in [4.78, 5) is 27.5. The van der Waals surface area contributed by atoms with E-state index in [4.69, 9.17) is 27.9 Å². The Kier molecular flexibility index (Phi) is 5.49. The van der Waals surface area contributed by atoms with E-state index in [-0.39, 0.29) is 6.42 Å². The van der Waals surface area contributed by atoms with Crippen molar-refractivity contribution in [3.05, 3.63) is 64.3 Å². The normalized spacial score (nSPS) is 12.0. The molecule has 0 fully saturated rings. The van der Waals surface area contributed by atoms with Crippen molar-refractivity contribution in [1.82, 2.24) is 4.98 Å². The van der Waals surface area contributed by atoms with Crippen LogP contribution in [0.1, 0.15) is 12.5 Å². The third-order valence-corrected chi connectivity index (χ3v) is 4.25. The van der Waals surface area contributed by atoms with E-state index >= 15 is 0 Å². The Morgan fingerprint density at radius 1 is 1.15 bits per heavy atom. The van der Waals surface area contributed by atoms with Crippen LogP contribution in [0.5, 0.6) is 0 Å². The Hall–Kier alpha value is -2.50. The van der Waals surface area contributed by atoms with Gasteiger partial charge in [0.2, 0.25) is 0 Å². The lowest BCUT2D eigenvalue weighted by molar-refractivity contribution is -0.152. The van der Waals surface area contributed by atoms with Gasteiger partial charge in [-0.25, -0.2) is 0 Å². The molecule has 0 bridgehead atoms. The number of aromatic nitrogens is 1. The lowest BCUT2D eigenvalue weighted by atomic mass is 10.1. The first-order valence-corrected chi connectivity index (χ1v) is 8.69. The molecule has 0 aliphatic rings. The number of fused-ring (bicyclic) bond motifs is 1. The summed E-state index contributed by atoms with van der Waals surface area (Å²) in [5.41, 5.74) is 2.20. The molecule has 1 aromatic heterocycles. The second-order valence-electron chi connectivity index (χ2n) is 5.82. The quantitative estimate of drug-likeness (QED) is 0.625. The number of benzene rings is 2. The lowest BCUT2D eigenvalue weighted by Gasteiger charge is -2.14. The average Bonchev–Trinajstić information content (AvgIpc) is 2.97. The van der Waals surface area contributed by atoms with E-state index in [2.05, 4.69) is 10.3 Å². The van der Waals surface area contributed by atoms with Crippen LogP contribution in [0.2, 0.25) is 10.0 Å². The van der Waals surface area contributed by atoms with Crippen LogP contribution in [0, 0.1) is 0 Å². The van der Waals surface area contributed by atoms with Crippen LogP contribution < -0.4 is 5.32 Å². The summed E-state index contributed by atoms with van der Waals surface area (Å²) in [6.07, 6.45) is 0.889. The number of H-pyrrole nitrogens is 1. The van der Waals surface area contributed by atoms with Crippen LogP contribution in [-0.2, 0) is 20.7 Å². The summed E-state index contributed by atoms with van der Waals surface area (Å²) in [6.45, 7) is 1.51. The third kappa shape index (κ3) is 4.36. The van der Waals surface area contributed by atoms with Gasteiger partial charge in [0.15, 0.2) is 6.10 Å². The van der Waals surface area contributed by atoms with Gasteiger partial charge in [0.1, 0.15) is 0 Å². The minimum Gasteiger partial charge on any atom is -0.452 e. The first-order valence-electron chi connectivity index (χ1n) is 7.94. The highest BCUT2D eigenvalue weighted by atomic mass is 35.5. The third-order valence-electron chi connectivity index (χ3n) is 3.82. The summed E-state index contributed by atoms with van der Waals surface area (Å²) < 4.78 is 5.24. The number of aromatic amines is 1. The monoisotopic (exact) mass is 390 g/mol. The van der Waals surface area contributed by atoms with Gasteiger partial charge in [0.25, 0.3) is 5.91 Å².